The van der Waals surface area contributed by atoms with Crippen molar-refractivity contribution in [2.75, 3.05) is 14.2 Å². The van der Waals surface area contributed by atoms with Gasteiger partial charge in [0.1, 0.15) is 11.9 Å². The molecule has 1 saturated carbocycles. The lowest BCUT2D eigenvalue weighted by atomic mass is 9.71. The van der Waals surface area contributed by atoms with Crippen molar-refractivity contribution in [2.24, 2.45) is 0 Å². The zero-order valence-corrected chi connectivity index (χ0v) is 21.4. The highest BCUT2D eigenvalue weighted by atomic mass is 19.1. The smallest absolute Gasteiger partial charge is 0.337 e. The molecule has 7 heteroatoms. The van der Waals surface area contributed by atoms with Crippen LogP contribution in [0, 0.1) is 5.82 Å². The van der Waals surface area contributed by atoms with Gasteiger partial charge in [-0.05, 0) is 80.3 Å². The minimum absolute atomic E-state index is 0.0403. The molecule has 37 heavy (non-hydrogen) atoms. The molecule has 5 rings (SSSR count). The Morgan fingerprint density at radius 2 is 1.62 bits per heavy atom. The van der Waals surface area contributed by atoms with Gasteiger partial charge in [0, 0.05) is 29.3 Å². The first-order valence-electron chi connectivity index (χ1n) is 12.8. The molecule has 2 aromatic rings. The largest absolute Gasteiger partial charge is 0.493 e. The summed E-state index contributed by atoms with van der Waals surface area (Å²) in [6.45, 7) is 1.84. The van der Waals surface area contributed by atoms with Crippen molar-refractivity contribution in [3.05, 3.63) is 81.9 Å². The second kappa shape index (κ2) is 10.4. The Morgan fingerprint density at radius 1 is 0.946 bits per heavy atom. The molecular formula is C30H32FNO5. The molecule has 1 heterocycles. The van der Waals surface area contributed by atoms with Gasteiger partial charge in [0.05, 0.1) is 19.8 Å². The molecule has 1 N–H and O–H groups in total. The number of carbonyl (C=O) groups is 2. The number of halogens is 1. The van der Waals surface area contributed by atoms with Crippen molar-refractivity contribution in [2.45, 2.75) is 63.4 Å². The molecule has 3 aliphatic rings. The number of carbonyl (C=O) groups excluding carboxylic acids is 2. The number of ether oxygens (including phenoxy) is 3. The van der Waals surface area contributed by atoms with Crippen LogP contribution in [0.2, 0.25) is 0 Å². The van der Waals surface area contributed by atoms with E-state index in [0.29, 0.717) is 40.3 Å². The summed E-state index contributed by atoms with van der Waals surface area (Å²) in [7, 11) is 3.18. The van der Waals surface area contributed by atoms with E-state index in [-0.39, 0.29) is 30.0 Å². The Morgan fingerprint density at radius 3 is 2.30 bits per heavy atom. The molecular weight excluding hydrogens is 473 g/mol. The average molecular weight is 506 g/mol. The summed E-state index contributed by atoms with van der Waals surface area (Å²) in [6, 6.07) is 11.8. The quantitative estimate of drug-likeness (QED) is 0.509. The van der Waals surface area contributed by atoms with Gasteiger partial charge < -0.3 is 19.5 Å². The summed E-state index contributed by atoms with van der Waals surface area (Å²) in [6.07, 6.45) is 4.57. The fraction of sp³-hybridized carbons (Fsp3) is 0.400. The van der Waals surface area contributed by atoms with E-state index in [1.165, 1.54) is 12.1 Å². The van der Waals surface area contributed by atoms with Crippen LogP contribution in [0.3, 0.4) is 0 Å². The predicted octanol–water partition coefficient (Wildman–Crippen LogP) is 5.69. The summed E-state index contributed by atoms with van der Waals surface area (Å²) in [5.74, 6) is -0.247. The van der Waals surface area contributed by atoms with Gasteiger partial charge in [0.25, 0.3) is 0 Å². The zero-order chi connectivity index (χ0) is 26.1. The van der Waals surface area contributed by atoms with Crippen LogP contribution in [-0.2, 0) is 14.3 Å². The van der Waals surface area contributed by atoms with Gasteiger partial charge in [0.2, 0.25) is 0 Å². The second-order valence-corrected chi connectivity index (χ2v) is 10.00. The number of allylic oxidation sites excluding steroid dienone is 3. The van der Waals surface area contributed by atoms with E-state index in [1.54, 1.807) is 26.4 Å². The molecule has 0 unspecified atom stereocenters. The van der Waals surface area contributed by atoms with Crippen LogP contribution in [0.1, 0.15) is 68.4 Å². The number of ketones is 1. The number of hydrogen-bond donors (Lipinski definition) is 1. The normalized spacial score (nSPS) is 22.0. The number of dihydropyridines is 1. The van der Waals surface area contributed by atoms with Gasteiger partial charge in [-0.15, -0.1) is 0 Å². The van der Waals surface area contributed by atoms with E-state index in [4.69, 9.17) is 14.2 Å². The lowest BCUT2D eigenvalue weighted by Crippen LogP contribution is -2.36. The number of benzene rings is 2. The third-order valence-corrected chi connectivity index (χ3v) is 7.71. The molecule has 2 atom stereocenters. The van der Waals surface area contributed by atoms with E-state index in [9.17, 15) is 14.0 Å². The lowest BCUT2D eigenvalue weighted by molar-refractivity contribution is -0.144. The van der Waals surface area contributed by atoms with Crippen molar-refractivity contribution in [3.8, 4) is 11.5 Å². The van der Waals surface area contributed by atoms with Gasteiger partial charge in [-0.3, -0.25) is 4.79 Å². The summed E-state index contributed by atoms with van der Waals surface area (Å²) < 4.78 is 30.5. The Hall–Kier alpha value is -3.61. The number of nitrogens with one attached hydrogen (secondary N) is 1. The molecule has 0 spiro atoms. The fourth-order valence-corrected chi connectivity index (χ4v) is 5.86. The summed E-state index contributed by atoms with van der Waals surface area (Å²) in [5.41, 5.74) is 4.12. The van der Waals surface area contributed by atoms with Crippen molar-refractivity contribution >= 4 is 11.8 Å². The Bertz CT molecular complexity index is 1270. The molecule has 2 aliphatic carbocycles. The second-order valence-electron chi connectivity index (χ2n) is 10.00. The number of methoxy groups -OCH3 is 2. The number of hydrogen-bond acceptors (Lipinski definition) is 6. The Balaban J connectivity index is 1.52. The first-order chi connectivity index (χ1) is 17.9. The van der Waals surface area contributed by atoms with E-state index in [2.05, 4.69) is 5.32 Å². The van der Waals surface area contributed by atoms with Crippen LogP contribution in [0.15, 0.2) is 65.0 Å². The molecule has 0 aromatic heterocycles. The predicted molar refractivity (Wildman–Crippen MR) is 137 cm³/mol. The van der Waals surface area contributed by atoms with E-state index in [1.807, 2.05) is 25.1 Å². The van der Waals surface area contributed by atoms with Gasteiger partial charge in [-0.1, -0.05) is 18.2 Å². The number of esters is 1. The number of Topliss-reactive ketones (excluding diaryl/α,β-unsaturated/α-hetero) is 1. The van der Waals surface area contributed by atoms with Crippen LogP contribution in [0.5, 0.6) is 11.5 Å². The van der Waals surface area contributed by atoms with Crippen LogP contribution in [0.4, 0.5) is 4.39 Å². The van der Waals surface area contributed by atoms with Crippen LogP contribution < -0.4 is 14.8 Å². The minimum Gasteiger partial charge on any atom is -0.493 e. The molecule has 2 aromatic carbocycles. The summed E-state index contributed by atoms with van der Waals surface area (Å²) >= 11 is 0. The van der Waals surface area contributed by atoms with Crippen LogP contribution in [-0.4, -0.2) is 32.1 Å². The summed E-state index contributed by atoms with van der Waals surface area (Å²) in [5, 5.41) is 3.37. The molecule has 0 radical (unpaired) electrons. The van der Waals surface area contributed by atoms with E-state index >= 15 is 0 Å². The van der Waals surface area contributed by atoms with Crippen molar-refractivity contribution in [3.63, 3.8) is 0 Å². The van der Waals surface area contributed by atoms with Crippen molar-refractivity contribution in [1.29, 1.82) is 0 Å². The van der Waals surface area contributed by atoms with Crippen LogP contribution in [0.25, 0.3) is 0 Å². The molecule has 0 amide bonds. The standard InChI is InChI=1S/C30H32FNO5/c1-17-27(30(34)37-22-6-4-5-7-22)28(18-8-11-21(31)12-9-18)29-23(32-17)14-20(15-24(29)33)19-10-13-25(35-2)26(16-19)36-3/h8-13,16,20,22,28,32H,4-7,14-15H2,1-3H3/t20-,28-/m1/s1. The maximum Gasteiger partial charge on any atom is 0.337 e. The minimum atomic E-state index is -0.607. The molecule has 1 aliphatic heterocycles. The van der Waals surface area contributed by atoms with Crippen LogP contribution >= 0.6 is 0 Å². The maximum absolute atomic E-state index is 13.8. The topological polar surface area (TPSA) is 73.9 Å². The van der Waals surface area contributed by atoms with Crippen molar-refractivity contribution in [1.82, 2.24) is 5.32 Å². The zero-order valence-electron chi connectivity index (χ0n) is 21.4. The van der Waals surface area contributed by atoms with Gasteiger partial charge >= 0.3 is 5.97 Å². The highest BCUT2D eigenvalue weighted by Crippen LogP contribution is 2.46. The van der Waals surface area contributed by atoms with Gasteiger partial charge in [-0.2, -0.15) is 0 Å². The third-order valence-electron chi connectivity index (χ3n) is 7.71. The van der Waals surface area contributed by atoms with E-state index < -0.39 is 11.9 Å². The highest BCUT2D eigenvalue weighted by molar-refractivity contribution is 6.04. The van der Waals surface area contributed by atoms with Crippen molar-refractivity contribution < 1.29 is 28.2 Å². The SMILES string of the molecule is COc1ccc([C@H]2CC(=O)C3=C(C2)NC(C)=C(C(=O)OC2CCCC2)[C@H]3c2ccc(F)cc2)cc1OC. The molecule has 6 nitrogen and oxygen atoms in total. The fourth-order valence-electron chi connectivity index (χ4n) is 5.86. The molecule has 1 fully saturated rings. The monoisotopic (exact) mass is 505 g/mol. The molecule has 0 saturated heterocycles. The maximum atomic E-state index is 13.8. The lowest BCUT2D eigenvalue weighted by Gasteiger charge is -2.37. The molecule has 0 bridgehead atoms. The van der Waals surface area contributed by atoms with E-state index in [0.717, 1.165) is 36.9 Å². The summed E-state index contributed by atoms with van der Waals surface area (Å²) in [4.78, 5) is 27.2. The third kappa shape index (κ3) is 4.87. The average Bonchev–Trinajstić information content (AvgIpc) is 3.40. The highest BCUT2D eigenvalue weighted by Gasteiger charge is 2.42. The Kier molecular flexibility index (Phi) is 7.04. The van der Waals surface area contributed by atoms with Gasteiger partial charge in [-0.25, -0.2) is 9.18 Å². The number of rotatable bonds is 6. The first kappa shape index (κ1) is 25.1. The Labute approximate surface area is 216 Å². The molecule has 194 valence electrons. The first-order valence-corrected chi connectivity index (χ1v) is 12.8. The van der Waals surface area contributed by atoms with Gasteiger partial charge in [0.15, 0.2) is 17.3 Å².